The van der Waals surface area contributed by atoms with Crippen LogP contribution in [0.3, 0.4) is 0 Å². The second-order valence-corrected chi connectivity index (χ2v) is 6.59. The summed E-state index contributed by atoms with van der Waals surface area (Å²) in [6.07, 6.45) is 2.62. The van der Waals surface area contributed by atoms with E-state index in [1.165, 1.54) is 4.90 Å². The smallest absolute Gasteiger partial charge is 0.221 e. The van der Waals surface area contributed by atoms with E-state index in [1.54, 1.807) is 18.9 Å². The molecule has 1 aliphatic heterocycles. The van der Waals surface area contributed by atoms with Gasteiger partial charge in [-0.25, -0.2) is 0 Å². The molecule has 0 aliphatic carbocycles. The average molecular weight is 345 g/mol. The van der Waals surface area contributed by atoms with Gasteiger partial charge in [0.2, 0.25) is 5.91 Å². The number of rotatable bonds is 6. The van der Waals surface area contributed by atoms with E-state index >= 15 is 0 Å². The largest absolute Gasteiger partial charge is 0.497 e. The van der Waals surface area contributed by atoms with E-state index in [2.05, 4.69) is 17.6 Å². The van der Waals surface area contributed by atoms with E-state index in [4.69, 9.17) is 4.74 Å². The molecule has 2 rings (SSSR count). The van der Waals surface area contributed by atoms with Crippen molar-refractivity contribution < 1.29 is 9.53 Å². The lowest BCUT2D eigenvalue weighted by Gasteiger charge is -2.28. The number of thioether (sulfide) groups is 1. The van der Waals surface area contributed by atoms with Gasteiger partial charge < -0.3 is 15.4 Å². The lowest BCUT2D eigenvalue weighted by Crippen LogP contribution is -2.46. The summed E-state index contributed by atoms with van der Waals surface area (Å²) in [5.41, 5.74) is 0. The van der Waals surface area contributed by atoms with Crippen LogP contribution in [0.15, 0.2) is 29.2 Å². The van der Waals surface area contributed by atoms with Crippen molar-refractivity contribution in [2.24, 2.45) is 0 Å². The van der Waals surface area contributed by atoms with Gasteiger partial charge in [-0.2, -0.15) is 0 Å². The number of hydrogen-bond acceptors (Lipinski definition) is 4. The van der Waals surface area contributed by atoms with E-state index < -0.39 is 0 Å². The molecule has 2 atom stereocenters. The predicted octanol–water partition coefficient (Wildman–Crippen LogP) is 2.86. The lowest BCUT2D eigenvalue weighted by atomic mass is 10.0. The fraction of sp³-hybridized carbons (Fsp3) is 0.562. The van der Waals surface area contributed by atoms with Gasteiger partial charge >= 0.3 is 0 Å². The molecule has 2 unspecified atom stereocenters. The molecule has 0 spiro atoms. The first-order valence-electron chi connectivity index (χ1n) is 7.47. The molecule has 0 saturated carbocycles. The van der Waals surface area contributed by atoms with Crippen LogP contribution < -0.4 is 15.4 Å². The maximum absolute atomic E-state index is 11.9. The SMILES string of the molecule is COc1ccc(SCCC(=O)NC2CCNC(C)C2)cc1.Cl. The number of benzene rings is 1. The number of hydrogen-bond donors (Lipinski definition) is 2. The summed E-state index contributed by atoms with van der Waals surface area (Å²) in [7, 11) is 1.66. The average Bonchev–Trinajstić information content (AvgIpc) is 2.48. The summed E-state index contributed by atoms with van der Waals surface area (Å²) in [4.78, 5) is 13.1. The van der Waals surface area contributed by atoms with Crippen molar-refractivity contribution in [3.63, 3.8) is 0 Å². The minimum atomic E-state index is 0. The molecule has 22 heavy (non-hydrogen) atoms. The maximum Gasteiger partial charge on any atom is 0.221 e. The van der Waals surface area contributed by atoms with Gasteiger partial charge in [-0.05, 0) is 50.6 Å². The number of amides is 1. The quantitative estimate of drug-likeness (QED) is 0.779. The molecular weight excluding hydrogens is 320 g/mol. The van der Waals surface area contributed by atoms with Crippen LogP contribution in [0.4, 0.5) is 0 Å². The molecule has 1 heterocycles. The van der Waals surface area contributed by atoms with Gasteiger partial charge in [0.05, 0.1) is 7.11 Å². The van der Waals surface area contributed by atoms with Crippen LogP contribution in [-0.2, 0) is 4.79 Å². The van der Waals surface area contributed by atoms with E-state index in [9.17, 15) is 4.79 Å². The normalized spacial score (nSPS) is 20.8. The zero-order valence-corrected chi connectivity index (χ0v) is 14.8. The second-order valence-electron chi connectivity index (χ2n) is 5.42. The molecule has 1 aliphatic rings. The van der Waals surface area contributed by atoms with Crippen molar-refractivity contribution in [2.45, 2.75) is 43.2 Å². The molecule has 6 heteroatoms. The molecule has 0 radical (unpaired) electrons. The first-order valence-corrected chi connectivity index (χ1v) is 8.45. The summed E-state index contributed by atoms with van der Waals surface area (Å²) < 4.78 is 5.13. The third kappa shape index (κ3) is 6.46. The number of ether oxygens (including phenoxy) is 1. The highest BCUT2D eigenvalue weighted by Gasteiger charge is 2.19. The Labute approximate surface area is 143 Å². The summed E-state index contributed by atoms with van der Waals surface area (Å²) in [5.74, 6) is 1.82. The molecule has 4 nitrogen and oxygen atoms in total. The summed E-state index contributed by atoms with van der Waals surface area (Å²) >= 11 is 1.70. The first-order chi connectivity index (χ1) is 10.2. The fourth-order valence-corrected chi connectivity index (χ4v) is 3.35. The van der Waals surface area contributed by atoms with E-state index in [0.29, 0.717) is 18.5 Å². The Morgan fingerprint density at radius 2 is 2.14 bits per heavy atom. The monoisotopic (exact) mass is 344 g/mol. The van der Waals surface area contributed by atoms with Crippen LogP contribution in [0.2, 0.25) is 0 Å². The standard InChI is InChI=1S/C16H24N2O2S.ClH/c1-12-11-13(7-9-17-12)18-16(19)8-10-21-15-5-3-14(20-2)4-6-15;/h3-6,12-13,17H,7-11H2,1-2H3,(H,18,19);1H. The highest BCUT2D eigenvalue weighted by atomic mass is 35.5. The third-order valence-electron chi connectivity index (χ3n) is 3.65. The number of carbonyl (C=O) groups excluding carboxylic acids is 1. The van der Waals surface area contributed by atoms with Crippen LogP contribution in [0, 0.1) is 0 Å². The molecule has 1 amide bonds. The van der Waals surface area contributed by atoms with Crippen LogP contribution in [-0.4, -0.2) is 37.4 Å². The summed E-state index contributed by atoms with van der Waals surface area (Å²) in [6.45, 7) is 3.16. The van der Waals surface area contributed by atoms with Gasteiger partial charge in [0.1, 0.15) is 5.75 Å². The van der Waals surface area contributed by atoms with Crippen molar-refractivity contribution in [3.8, 4) is 5.75 Å². The van der Waals surface area contributed by atoms with Crippen molar-refractivity contribution >= 4 is 30.1 Å². The number of piperidine rings is 1. The lowest BCUT2D eigenvalue weighted by molar-refractivity contribution is -0.121. The van der Waals surface area contributed by atoms with Crippen molar-refractivity contribution in [1.29, 1.82) is 0 Å². The Kier molecular flexibility index (Phi) is 8.68. The molecule has 124 valence electrons. The first kappa shape index (κ1) is 19.1. The Morgan fingerprint density at radius 3 is 2.77 bits per heavy atom. The molecular formula is C16H25ClN2O2S. The van der Waals surface area contributed by atoms with Crippen LogP contribution in [0.5, 0.6) is 5.75 Å². The number of carbonyl (C=O) groups is 1. The highest BCUT2D eigenvalue weighted by molar-refractivity contribution is 7.99. The van der Waals surface area contributed by atoms with E-state index in [-0.39, 0.29) is 18.3 Å². The molecule has 1 fully saturated rings. The molecule has 0 aromatic heterocycles. The molecule has 1 aromatic rings. The van der Waals surface area contributed by atoms with Crippen LogP contribution >= 0.6 is 24.2 Å². The van der Waals surface area contributed by atoms with Gasteiger partial charge in [0.15, 0.2) is 0 Å². The maximum atomic E-state index is 11.9. The van der Waals surface area contributed by atoms with Gasteiger partial charge in [0, 0.05) is 29.2 Å². The Morgan fingerprint density at radius 1 is 1.41 bits per heavy atom. The molecule has 0 bridgehead atoms. The Hall–Kier alpha value is -0.910. The summed E-state index contributed by atoms with van der Waals surface area (Å²) in [6, 6.07) is 8.76. The van der Waals surface area contributed by atoms with Crippen LogP contribution in [0.25, 0.3) is 0 Å². The molecule has 2 N–H and O–H groups in total. The zero-order valence-electron chi connectivity index (χ0n) is 13.1. The molecule has 1 aromatic carbocycles. The highest BCUT2D eigenvalue weighted by Crippen LogP contribution is 2.21. The van der Waals surface area contributed by atoms with Crippen molar-refractivity contribution in [2.75, 3.05) is 19.4 Å². The minimum absolute atomic E-state index is 0. The van der Waals surface area contributed by atoms with Gasteiger partial charge in [0.25, 0.3) is 0 Å². The topological polar surface area (TPSA) is 50.4 Å². The van der Waals surface area contributed by atoms with Gasteiger partial charge in [-0.3, -0.25) is 4.79 Å². The third-order valence-corrected chi connectivity index (χ3v) is 4.66. The number of methoxy groups -OCH3 is 1. The second kappa shape index (κ2) is 9.98. The molecule has 1 saturated heterocycles. The van der Waals surface area contributed by atoms with E-state index in [0.717, 1.165) is 30.9 Å². The van der Waals surface area contributed by atoms with Gasteiger partial charge in [-0.1, -0.05) is 0 Å². The van der Waals surface area contributed by atoms with Gasteiger partial charge in [-0.15, -0.1) is 24.2 Å². The predicted molar refractivity (Wildman–Crippen MR) is 94.2 cm³/mol. The number of halogens is 1. The zero-order chi connectivity index (χ0) is 15.1. The summed E-state index contributed by atoms with van der Waals surface area (Å²) in [5, 5.41) is 6.54. The Bertz CT molecular complexity index is 456. The van der Waals surface area contributed by atoms with Crippen LogP contribution in [0.1, 0.15) is 26.2 Å². The van der Waals surface area contributed by atoms with Crippen molar-refractivity contribution in [1.82, 2.24) is 10.6 Å². The Balaban J connectivity index is 0.00000242. The number of nitrogens with one attached hydrogen (secondary N) is 2. The van der Waals surface area contributed by atoms with Crippen molar-refractivity contribution in [3.05, 3.63) is 24.3 Å². The van der Waals surface area contributed by atoms with E-state index in [1.807, 2.05) is 24.3 Å². The minimum Gasteiger partial charge on any atom is -0.497 e. The fourth-order valence-electron chi connectivity index (χ4n) is 2.50.